The van der Waals surface area contributed by atoms with E-state index in [-0.39, 0.29) is 0 Å². The minimum atomic E-state index is -1.06. The number of allylic oxidation sites excluding steroid dienone is 4. The predicted octanol–water partition coefficient (Wildman–Crippen LogP) is 7.81. The Morgan fingerprint density at radius 1 is 0.600 bits per heavy atom. The second-order valence-electron chi connectivity index (χ2n) is 10.6. The molecule has 1 aliphatic rings. The molecule has 25 heavy (non-hydrogen) atoms. The maximum atomic E-state index is 2.62. The quantitative estimate of drug-likeness (QED) is 0.329. The third kappa shape index (κ3) is 8.24. The molecule has 0 aromatic heterocycles. The van der Waals surface area contributed by atoms with Crippen LogP contribution in [0, 0.1) is 5.92 Å². The summed E-state index contributed by atoms with van der Waals surface area (Å²) in [6, 6.07) is 0. The zero-order valence-corrected chi connectivity index (χ0v) is 23.4. The van der Waals surface area contributed by atoms with E-state index >= 15 is 0 Å². The Balaban J connectivity index is 0.000000496. The van der Waals surface area contributed by atoms with E-state index in [9.17, 15) is 0 Å². The van der Waals surface area contributed by atoms with E-state index in [0.717, 1.165) is 0 Å². The van der Waals surface area contributed by atoms with Crippen molar-refractivity contribution < 1.29 is 0 Å². The van der Waals surface area contributed by atoms with E-state index in [1.54, 1.807) is 7.83 Å². The summed E-state index contributed by atoms with van der Waals surface area (Å²) >= 11 is 0. The van der Waals surface area contributed by atoms with Crippen LogP contribution in [0.1, 0.15) is 34.6 Å². The Labute approximate surface area is 163 Å². The van der Waals surface area contributed by atoms with Crippen molar-refractivity contribution in [3.05, 3.63) is 28.2 Å². The molecule has 0 N–H and O–H groups in total. The van der Waals surface area contributed by atoms with Crippen LogP contribution >= 0.6 is 7.83 Å². The monoisotopic (exact) mass is 410 g/mol. The summed E-state index contributed by atoms with van der Waals surface area (Å²) in [4.78, 5) is 0. The number of rotatable bonds is 3. The van der Waals surface area contributed by atoms with Gasteiger partial charge in [-0.1, -0.05) is 18.1 Å². The van der Waals surface area contributed by atoms with Crippen LogP contribution in [0.3, 0.4) is 0 Å². The zero-order chi connectivity index (χ0) is 20.4. The van der Waals surface area contributed by atoms with Crippen molar-refractivity contribution >= 4 is 42.0 Å². The Hall–Kier alpha value is 0.301. The van der Waals surface area contributed by atoms with Gasteiger partial charge in [-0.2, -0.15) is 0 Å². The molecule has 0 unspecified atom stereocenters. The van der Waals surface area contributed by atoms with E-state index in [4.69, 9.17) is 0 Å². The van der Waals surface area contributed by atoms with Crippen molar-refractivity contribution in [1.82, 2.24) is 0 Å². The first kappa shape index (κ1) is 25.3. The van der Waals surface area contributed by atoms with Gasteiger partial charge in [0.05, 0.1) is 0 Å². The van der Waals surface area contributed by atoms with Crippen LogP contribution in [0.2, 0.25) is 58.9 Å². The van der Waals surface area contributed by atoms with Crippen molar-refractivity contribution in [2.45, 2.75) is 93.5 Å². The van der Waals surface area contributed by atoms with Crippen molar-refractivity contribution in [3.63, 3.8) is 0 Å². The molecule has 0 bridgehead atoms. The molecule has 0 nitrogen and oxygen atoms in total. The van der Waals surface area contributed by atoms with E-state index in [2.05, 4.69) is 99.0 Å². The Morgan fingerprint density at radius 2 is 0.920 bits per heavy atom. The fraction of sp³-hybridized carbons (Fsp3) is 0.667. The second-order valence-corrected chi connectivity index (χ2v) is 28.4. The van der Waals surface area contributed by atoms with Gasteiger partial charge in [-0.3, -0.25) is 0 Å². The third-order valence-corrected chi connectivity index (χ3v) is 20.8. The van der Waals surface area contributed by atoms with Crippen molar-refractivity contribution in [2.75, 3.05) is 0 Å². The molecule has 143 valence electrons. The van der Waals surface area contributed by atoms with Gasteiger partial charge in [0, 0.05) is 5.92 Å². The summed E-state index contributed by atoms with van der Waals surface area (Å²) in [5.41, 5.74) is 8.49. The van der Waals surface area contributed by atoms with Crippen LogP contribution in [-0.4, -0.2) is 34.2 Å². The average Bonchev–Trinajstić information content (AvgIpc) is 2.53. The molecule has 1 rings (SSSR count). The molecule has 0 aromatic rings. The Kier molecular flexibility index (Phi) is 9.10. The maximum absolute atomic E-state index is 2.62. The van der Waals surface area contributed by atoms with Crippen LogP contribution in [0.4, 0.5) is 0 Å². The van der Waals surface area contributed by atoms with Gasteiger partial charge in [-0.15, -0.1) is 0 Å². The average molecular weight is 411 g/mol. The molecular formula is C21H43PSi3+. The molecule has 0 atom stereocenters. The summed E-state index contributed by atoms with van der Waals surface area (Å²) in [7, 11) is -1.53. The van der Waals surface area contributed by atoms with E-state index < -0.39 is 24.2 Å². The first-order chi connectivity index (χ1) is 10.9. The van der Waals surface area contributed by atoms with E-state index in [0.29, 0.717) is 0 Å². The first-order valence-corrected chi connectivity index (χ1v) is 21.1. The number of hydrogen-bond acceptors (Lipinski definition) is 0. The zero-order valence-electron chi connectivity index (χ0n) is 19.5. The molecule has 0 amide bonds. The Bertz CT molecular complexity index is 571. The molecule has 1 aliphatic carbocycles. The molecule has 4 heteroatoms. The van der Waals surface area contributed by atoms with Gasteiger partial charge < -0.3 is 0 Å². The predicted molar refractivity (Wildman–Crippen MR) is 134 cm³/mol. The van der Waals surface area contributed by atoms with Gasteiger partial charge in [0.1, 0.15) is 0 Å². The van der Waals surface area contributed by atoms with Gasteiger partial charge in [0.2, 0.25) is 0 Å². The van der Waals surface area contributed by atoms with Crippen LogP contribution < -0.4 is 0 Å². The molecule has 0 spiro atoms. The van der Waals surface area contributed by atoms with Crippen LogP contribution in [-0.2, 0) is 0 Å². The standard InChI is InChI=1S/C11H28PSi3.C10H15/c1-13(2,3)10-12-11(14(4,5)6)15(7,8)9;1-6-7(2)9(4)10(5)8(6)3/h10H,1-9H3;1-5H3/q+1;. The normalized spacial score (nSPS) is 16.7. The fourth-order valence-corrected chi connectivity index (χ4v) is 18.5. The SMILES string of the molecule is C[C]1C(C)=C(C)C(C)=C1C.C[Si](C)(C)C=[P+]=C([Si](C)(C)C)[Si](C)(C)C. The summed E-state index contributed by atoms with van der Waals surface area (Å²) in [6.45, 7) is 33.3. The Morgan fingerprint density at radius 3 is 1.08 bits per heavy atom. The molecule has 0 saturated carbocycles. The van der Waals surface area contributed by atoms with Crippen LogP contribution in [0.25, 0.3) is 0 Å². The molecular weight excluding hydrogens is 367 g/mol. The molecule has 0 fully saturated rings. The van der Waals surface area contributed by atoms with Crippen LogP contribution in [0.15, 0.2) is 22.3 Å². The van der Waals surface area contributed by atoms with Gasteiger partial charge >= 0.3 is 101 Å². The summed E-state index contributed by atoms with van der Waals surface area (Å²) in [5.74, 6) is 1.47. The molecule has 0 aliphatic heterocycles. The molecule has 0 heterocycles. The minimum absolute atomic E-state index is 0.991. The van der Waals surface area contributed by atoms with E-state index in [1.165, 1.54) is 28.2 Å². The first-order valence-electron chi connectivity index (χ1n) is 9.52. The number of hydrogen-bond donors (Lipinski definition) is 0. The summed E-state index contributed by atoms with van der Waals surface area (Å²) < 4.78 is 1.93. The molecule has 0 aromatic carbocycles. The van der Waals surface area contributed by atoms with E-state index in [1.807, 2.05) is 4.54 Å². The third-order valence-electron chi connectivity index (χ3n) is 4.81. The van der Waals surface area contributed by atoms with Gasteiger partial charge in [-0.25, -0.2) is 0 Å². The summed E-state index contributed by atoms with van der Waals surface area (Å²) in [6.07, 6.45) is 0. The molecule has 0 saturated heterocycles. The van der Waals surface area contributed by atoms with Crippen molar-refractivity contribution in [1.29, 1.82) is 0 Å². The topological polar surface area (TPSA) is 0 Å². The second kappa shape index (κ2) is 8.99. The van der Waals surface area contributed by atoms with Gasteiger partial charge in [0.15, 0.2) is 0 Å². The molecule has 1 radical (unpaired) electrons. The summed E-state index contributed by atoms with van der Waals surface area (Å²) in [5, 5.41) is 0. The van der Waals surface area contributed by atoms with Crippen molar-refractivity contribution in [2.24, 2.45) is 0 Å². The van der Waals surface area contributed by atoms with Gasteiger partial charge in [0.25, 0.3) is 0 Å². The van der Waals surface area contributed by atoms with Crippen LogP contribution in [0.5, 0.6) is 0 Å². The fourth-order valence-electron chi connectivity index (χ4n) is 3.18. The van der Waals surface area contributed by atoms with Crippen molar-refractivity contribution in [3.8, 4) is 0 Å². The van der Waals surface area contributed by atoms with Gasteiger partial charge in [-0.05, 0) is 38.8 Å².